The molecule has 0 aliphatic heterocycles. The van der Waals surface area contributed by atoms with Gasteiger partial charge in [-0.25, -0.2) is 9.59 Å². The molecule has 0 N–H and O–H groups in total. The number of aromatic nitrogens is 2. The van der Waals surface area contributed by atoms with Gasteiger partial charge in [0.1, 0.15) is 27.3 Å². The van der Waals surface area contributed by atoms with Crippen molar-refractivity contribution in [2.45, 2.75) is 249 Å². The summed E-state index contributed by atoms with van der Waals surface area (Å²) in [6.07, 6.45) is 12.9. The van der Waals surface area contributed by atoms with Crippen LogP contribution in [0.4, 0.5) is 11.4 Å². The van der Waals surface area contributed by atoms with Crippen molar-refractivity contribution in [2.24, 2.45) is 0 Å². The topological polar surface area (TPSA) is 111 Å². The minimum absolute atomic E-state index is 0.348. The van der Waals surface area contributed by atoms with Gasteiger partial charge in [-0.15, -0.1) is 11.1 Å². The van der Waals surface area contributed by atoms with Gasteiger partial charge < -0.3 is 28.1 Å². The molecule has 0 fully saturated rings. The first-order valence-electron chi connectivity index (χ1n) is 42.0. The Morgan fingerprint density at radius 3 is 1.04 bits per heavy atom. The van der Waals surface area contributed by atoms with Gasteiger partial charge in [-0.2, -0.15) is 0 Å². The first-order valence-corrected chi connectivity index (χ1v) is 46.5. The van der Waals surface area contributed by atoms with E-state index in [1.807, 2.05) is 38.4 Å². The van der Waals surface area contributed by atoms with Crippen LogP contribution in [0.2, 0.25) is 33.2 Å². The summed E-state index contributed by atoms with van der Waals surface area (Å²) in [6, 6.07) is 46.1. The van der Waals surface area contributed by atoms with E-state index in [1.165, 1.54) is 25.7 Å². The number of nitrogens with zero attached hydrogens (tertiary/aromatic N) is 4. The second kappa shape index (κ2) is 40.0. The quantitative estimate of drug-likeness (QED) is 0.0180. The monoisotopic (exact) mass is 1550 g/mol. The van der Waals surface area contributed by atoms with Crippen LogP contribution in [-0.2, 0) is 35.8 Å². The van der Waals surface area contributed by atoms with Crippen LogP contribution in [0.3, 0.4) is 0 Å². The Morgan fingerprint density at radius 1 is 0.368 bits per heavy atom. The van der Waals surface area contributed by atoms with Crippen molar-refractivity contribution in [3.63, 3.8) is 0 Å². The van der Waals surface area contributed by atoms with E-state index >= 15 is 0 Å². The summed E-state index contributed by atoms with van der Waals surface area (Å²) >= 11 is 0. The number of hydrogen-bond donors (Lipinski definition) is 0. The first kappa shape index (κ1) is 86.6. The van der Waals surface area contributed by atoms with Gasteiger partial charge >= 0.3 is 11.3 Å². The van der Waals surface area contributed by atoms with E-state index in [0.717, 1.165) is 172 Å². The second-order valence-electron chi connectivity index (χ2n) is 33.4. The average Bonchev–Trinajstić information content (AvgIpc) is 0.803. The summed E-state index contributed by atoms with van der Waals surface area (Å²) in [6.45, 7) is 50.3. The average molecular weight is 1560 g/mol. The Labute approximate surface area is 683 Å². The highest BCUT2D eigenvalue weighted by atomic mass is 28.3. The number of ether oxygens (including phenoxy) is 2. The van der Waals surface area contributed by atoms with Gasteiger partial charge in [0.05, 0.1) is 24.6 Å². The maximum atomic E-state index is 12.6. The SMILES string of the molecule is CCCCCCOCc1cc(C#Cc2cc(C#C[Si](C(C)C)(C(C)C)C(C)C)cc(CN(CC)c3cc4oc(=O)cc(C)c4cc3C)c2)cc(-c2ccc(-c3ccc(-c4cc(C#Cc5cc(C#C[Si](C(C)C)(C(C)C)C(C)C)cc(CN(CC)c6cc7oc(=O)cc(C)c7cc6C)c5)cc(COCCCCCC)c4)cn3)nc2)c1. The Morgan fingerprint density at radius 2 is 0.711 bits per heavy atom. The van der Waals surface area contributed by atoms with E-state index in [-0.39, 0.29) is 11.3 Å². The Bertz CT molecular complexity index is 5030. The Balaban J connectivity index is 0.978. The number of aryl methyl sites for hydroxylation is 4. The number of fused-ring (bicyclic) bond motifs is 2. The van der Waals surface area contributed by atoms with Crippen LogP contribution in [0.5, 0.6) is 0 Å². The molecule has 594 valence electrons. The molecule has 0 spiro atoms. The van der Waals surface area contributed by atoms with Gasteiger partial charge in [-0.05, 0) is 240 Å². The van der Waals surface area contributed by atoms with Gasteiger partial charge in [0.25, 0.3) is 0 Å². The third kappa shape index (κ3) is 21.6. The van der Waals surface area contributed by atoms with Crippen molar-refractivity contribution in [1.82, 2.24) is 9.97 Å². The minimum Gasteiger partial charge on any atom is -0.423 e. The molecule has 0 aliphatic carbocycles. The van der Waals surface area contributed by atoms with E-state index < -0.39 is 16.1 Å². The molecule has 10 nitrogen and oxygen atoms in total. The van der Waals surface area contributed by atoms with Gasteiger partial charge in [-0.1, -0.05) is 183 Å². The van der Waals surface area contributed by atoms with Gasteiger partial charge in [0.2, 0.25) is 0 Å². The number of unbranched alkanes of at least 4 members (excludes halogenated alkanes) is 6. The van der Waals surface area contributed by atoms with Gasteiger partial charge in [-0.3, -0.25) is 9.97 Å². The van der Waals surface area contributed by atoms with E-state index in [2.05, 4.69) is 290 Å². The predicted molar refractivity (Wildman–Crippen MR) is 484 cm³/mol. The van der Waals surface area contributed by atoms with Crippen LogP contribution in [-0.4, -0.2) is 52.4 Å². The minimum atomic E-state index is -2.09. The summed E-state index contributed by atoms with van der Waals surface area (Å²) in [5.41, 5.74) is 32.6. The molecule has 0 saturated carbocycles. The van der Waals surface area contributed by atoms with E-state index in [4.69, 9.17) is 28.3 Å². The fourth-order valence-corrected chi connectivity index (χ4v) is 27.7. The Hall–Kier alpha value is -9.77. The van der Waals surface area contributed by atoms with Crippen molar-refractivity contribution < 1.29 is 18.3 Å². The molecule has 0 atom stereocenters. The zero-order valence-electron chi connectivity index (χ0n) is 71.9. The molecule has 4 aromatic heterocycles. The number of pyridine rings is 2. The molecule has 0 aliphatic rings. The molecule has 0 radical (unpaired) electrons. The maximum Gasteiger partial charge on any atom is 0.336 e. The lowest BCUT2D eigenvalue weighted by atomic mass is 9.99. The molecular weight excluding hydrogens is 1430 g/mol. The first-order chi connectivity index (χ1) is 54.6. The molecule has 0 amide bonds. The highest BCUT2D eigenvalue weighted by Crippen LogP contribution is 2.43. The third-order valence-electron chi connectivity index (χ3n) is 23.3. The smallest absolute Gasteiger partial charge is 0.336 e. The number of anilines is 2. The zero-order valence-corrected chi connectivity index (χ0v) is 73.9. The van der Waals surface area contributed by atoms with Crippen molar-refractivity contribution in [3.05, 3.63) is 245 Å². The lowest BCUT2D eigenvalue weighted by Crippen LogP contribution is -2.43. The van der Waals surface area contributed by atoms with Crippen LogP contribution < -0.4 is 21.1 Å². The molecule has 4 heterocycles. The molecule has 10 aromatic rings. The van der Waals surface area contributed by atoms with Crippen LogP contribution in [0.1, 0.15) is 240 Å². The fraction of sp³-hybridized carbons (Fsp3) is 0.412. The molecule has 0 saturated heterocycles. The molecule has 10 rings (SSSR count). The highest BCUT2D eigenvalue weighted by molar-refractivity contribution is 6.91. The molecule has 114 heavy (non-hydrogen) atoms. The Kier molecular flexibility index (Phi) is 30.4. The summed E-state index contributed by atoms with van der Waals surface area (Å²) in [5.74, 6) is 22.1. The standard InChI is InChI=1S/C102H122N4O6Si2/c1-21-25-27-29-41-109-67-87-55-81(33-31-79-49-83(39-43-113(69(5)6,70(7)8)71(9)10)53-85(51-79)65-105(23-3)97-61-99-93(45-77(97)19)75(17)47-101(107)111-99)57-91(59-87)89-35-37-95(103-63-89)96-38-36-90(64-104-96)92-58-82(56-88(60-92)68-110-42-30-28-26-22-2)34-32-80-50-84(40-44-114(72(11)12,73(13)14)74(15)16)54-86(52-80)66-106(24-4)98-62-100-94(46-78(98)20)76(18)48-102(108)112-100/h35-38,45-64,69-74H,21-30,41-42,65-68H2,1-20H3. The number of rotatable bonds is 31. The van der Waals surface area contributed by atoms with Crippen molar-refractivity contribution in [3.8, 4) is 80.3 Å². The highest BCUT2D eigenvalue weighted by Gasteiger charge is 2.43. The van der Waals surface area contributed by atoms with Gasteiger partial charge in [0.15, 0.2) is 0 Å². The molecule has 0 unspecified atom stereocenters. The van der Waals surface area contributed by atoms with Crippen LogP contribution in [0.25, 0.3) is 55.6 Å². The summed E-state index contributed by atoms with van der Waals surface area (Å²) in [5, 5.41) is 1.88. The van der Waals surface area contributed by atoms with Crippen LogP contribution in [0, 0.1) is 74.3 Å². The fourth-order valence-electron chi connectivity index (χ4n) is 17.3. The number of benzene rings is 6. The molecule has 12 heteroatoms. The number of hydrogen-bond acceptors (Lipinski definition) is 10. The molecule has 0 bridgehead atoms. The maximum absolute atomic E-state index is 12.6. The van der Waals surface area contributed by atoms with Crippen molar-refractivity contribution in [2.75, 3.05) is 36.1 Å². The summed E-state index contributed by atoms with van der Waals surface area (Å²) in [7, 11) is -4.17. The largest absolute Gasteiger partial charge is 0.423 e. The molecular formula is C102H122N4O6Si2. The van der Waals surface area contributed by atoms with Crippen molar-refractivity contribution in [1.29, 1.82) is 0 Å². The van der Waals surface area contributed by atoms with Crippen molar-refractivity contribution >= 4 is 49.5 Å². The predicted octanol–water partition coefficient (Wildman–Crippen LogP) is 25.1. The van der Waals surface area contributed by atoms with E-state index in [9.17, 15) is 9.59 Å². The summed E-state index contributed by atoms with van der Waals surface area (Å²) < 4.78 is 24.3. The van der Waals surface area contributed by atoms with E-state index in [0.29, 0.717) is 83.9 Å². The summed E-state index contributed by atoms with van der Waals surface area (Å²) in [4.78, 5) is 40.1. The van der Waals surface area contributed by atoms with Gasteiger partial charge in [0, 0.05) is 143 Å². The lowest BCUT2D eigenvalue weighted by Gasteiger charge is -2.38. The van der Waals surface area contributed by atoms with Crippen LogP contribution >= 0.6 is 0 Å². The van der Waals surface area contributed by atoms with E-state index in [1.54, 1.807) is 12.1 Å². The lowest BCUT2D eigenvalue weighted by molar-refractivity contribution is 0.117. The van der Waals surface area contributed by atoms with Crippen LogP contribution in [0.15, 0.2) is 164 Å². The third-order valence-corrected chi connectivity index (χ3v) is 35.8. The normalized spacial score (nSPS) is 11.7. The second-order valence-corrected chi connectivity index (χ2v) is 44.5. The zero-order chi connectivity index (χ0) is 82.0. The molecule has 6 aromatic carbocycles.